The van der Waals surface area contributed by atoms with Gasteiger partial charge in [0.2, 0.25) is 11.8 Å². The van der Waals surface area contributed by atoms with E-state index in [-0.39, 0.29) is 60.4 Å². The Morgan fingerprint density at radius 2 is 1.72 bits per heavy atom. The molecule has 0 aliphatic carbocycles. The van der Waals surface area contributed by atoms with Crippen molar-refractivity contribution in [3.05, 3.63) is 125 Å². The predicted molar refractivity (Wildman–Crippen MR) is 185 cm³/mol. The van der Waals surface area contributed by atoms with Gasteiger partial charge in [-0.05, 0) is 66.6 Å². The monoisotopic (exact) mass is 676 g/mol. The number of carbonyl (C=O) groups is 2. The van der Waals surface area contributed by atoms with Crippen LogP contribution < -0.4 is 16.0 Å². The fraction of sp³-hybridized carbons (Fsp3) is 0.289. The van der Waals surface area contributed by atoms with E-state index in [1.165, 1.54) is 35.2 Å². The van der Waals surface area contributed by atoms with Crippen LogP contribution in [0.25, 0.3) is 10.8 Å². The van der Waals surface area contributed by atoms with Crippen molar-refractivity contribution in [1.29, 1.82) is 0 Å². The number of benzene rings is 3. The molecular formula is C38H37FN6O5. The lowest BCUT2D eigenvalue weighted by Gasteiger charge is -2.43. The molecule has 3 aromatic carbocycles. The number of likely N-dealkylation sites (tertiary alicyclic amines) is 2. The van der Waals surface area contributed by atoms with E-state index in [0.717, 1.165) is 16.3 Å². The topological polar surface area (TPSA) is 144 Å². The highest BCUT2D eigenvalue weighted by molar-refractivity contribution is 6.07. The lowest BCUT2D eigenvalue weighted by Crippen LogP contribution is -2.53. The molecule has 5 aromatic rings. The molecule has 12 heteroatoms. The third kappa shape index (κ3) is 6.66. The number of nitrogens with two attached hydrogens (primary N) is 1. The fourth-order valence-corrected chi connectivity index (χ4v) is 7.10. The summed E-state index contributed by atoms with van der Waals surface area (Å²) < 4.78 is 20.1. The summed E-state index contributed by atoms with van der Waals surface area (Å²) in [6.45, 7) is 1.40. The van der Waals surface area contributed by atoms with Crippen molar-refractivity contribution in [3.8, 4) is 11.6 Å². The molecule has 2 amide bonds. The highest BCUT2D eigenvalue weighted by atomic mass is 19.1. The lowest BCUT2D eigenvalue weighted by molar-refractivity contribution is -0.142. The molecule has 0 bridgehead atoms. The first kappa shape index (κ1) is 32.9. The van der Waals surface area contributed by atoms with E-state index < -0.39 is 17.0 Å². The lowest BCUT2D eigenvalue weighted by atomic mass is 9.79. The minimum absolute atomic E-state index is 0.00499. The molecule has 3 N–H and O–H groups in total. The zero-order valence-electron chi connectivity index (χ0n) is 27.3. The van der Waals surface area contributed by atoms with Gasteiger partial charge in [0, 0.05) is 61.4 Å². The van der Waals surface area contributed by atoms with Crippen LogP contribution >= 0.6 is 0 Å². The van der Waals surface area contributed by atoms with Gasteiger partial charge in [0.15, 0.2) is 5.69 Å². The Balaban J connectivity index is 1.03. The zero-order valence-corrected chi connectivity index (χ0v) is 27.3. The Morgan fingerprint density at radius 3 is 2.48 bits per heavy atom. The number of halogens is 1. The van der Waals surface area contributed by atoms with Gasteiger partial charge in [-0.1, -0.05) is 42.5 Å². The number of pyridine rings is 1. The number of aromatic nitrogens is 3. The number of fused-ring (bicyclic) bond motifs is 1. The number of carbonyl (C=O) groups excluding carboxylic acids is 2. The highest BCUT2D eigenvalue weighted by Crippen LogP contribution is 2.36. The number of rotatable bonds is 7. The van der Waals surface area contributed by atoms with Gasteiger partial charge in [-0.2, -0.15) is 0 Å². The maximum absolute atomic E-state index is 14.1. The fourth-order valence-electron chi connectivity index (χ4n) is 7.10. The number of piperidine rings is 2. The molecule has 7 rings (SSSR count). The van der Waals surface area contributed by atoms with Gasteiger partial charge in [0.25, 0.3) is 11.5 Å². The van der Waals surface area contributed by atoms with E-state index in [1.807, 2.05) is 59.5 Å². The van der Waals surface area contributed by atoms with Crippen LogP contribution in [0.1, 0.15) is 41.1 Å². The summed E-state index contributed by atoms with van der Waals surface area (Å²) in [4.78, 5) is 53.1. The van der Waals surface area contributed by atoms with Crippen LogP contribution in [0.3, 0.4) is 0 Å². The highest BCUT2D eigenvalue weighted by Gasteiger charge is 2.42. The van der Waals surface area contributed by atoms with Gasteiger partial charge in [-0.3, -0.25) is 23.9 Å². The Bertz CT molecular complexity index is 2080. The van der Waals surface area contributed by atoms with Crippen LogP contribution in [0.2, 0.25) is 0 Å². The van der Waals surface area contributed by atoms with E-state index in [1.54, 1.807) is 17.3 Å². The van der Waals surface area contributed by atoms with Gasteiger partial charge in [-0.25, -0.2) is 9.37 Å². The number of ether oxygens (including phenoxy) is 1. The van der Waals surface area contributed by atoms with Crippen molar-refractivity contribution < 1.29 is 23.8 Å². The third-order valence-electron chi connectivity index (χ3n) is 9.89. The van der Waals surface area contributed by atoms with E-state index in [2.05, 4.69) is 9.97 Å². The SMILES string of the molecule is Nc1c(Oc2ccc(F)cc2)ncn(CC2(O)CCN(C(=O)[C@@H]3CCN(C(=O)c4cccc5cnccc45)C[C@H]3c3ccccc3)CC2)c1=O. The van der Waals surface area contributed by atoms with Crippen LogP contribution in [0.4, 0.5) is 10.1 Å². The molecule has 2 aliphatic heterocycles. The summed E-state index contributed by atoms with van der Waals surface area (Å²) >= 11 is 0. The molecule has 2 saturated heterocycles. The van der Waals surface area contributed by atoms with Gasteiger partial charge < -0.3 is 25.4 Å². The molecular weight excluding hydrogens is 639 g/mol. The van der Waals surface area contributed by atoms with Crippen molar-refractivity contribution in [2.24, 2.45) is 5.92 Å². The smallest absolute Gasteiger partial charge is 0.280 e. The molecule has 2 aliphatic rings. The number of hydrogen-bond acceptors (Lipinski definition) is 8. The Morgan fingerprint density at radius 1 is 0.960 bits per heavy atom. The standard InChI is InChI=1S/C38H37FN6O5/c39-27-9-11-28(12-10-27)50-34-33(40)37(48)45(24-42-34)23-38(49)15-19-43(20-16-38)35(46)31-14-18-44(22-32(31)25-5-2-1-3-6-25)36(47)30-8-4-7-26-21-41-17-13-29(26)30/h1-13,17,21,24,31-32,49H,14-16,18-20,22-23,40H2/t31-,32+/m1/s1. The Hall–Kier alpha value is -5.62. The van der Waals surface area contributed by atoms with Crippen LogP contribution in [-0.2, 0) is 11.3 Å². The second-order valence-electron chi connectivity index (χ2n) is 13.1. The maximum Gasteiger partial charge on any atom is 0.280 e. The average Bonchev–Trinajstić information content (AvgIpc) is 3.15. The summed E-state index contributed by atoms with van der Waals surface area (Å²) in [6, 6.07) is 22.6. The van der Waals surface area contributed by atoms with Crippen LogP contribution in [0.5, 0.6) is 11.6 Å². The van der Waals surface area contributed by atoms with Crippen molar-refractivity contribution in [1.82, 2.24) is 24.3 Å². The summed E-state index contributed by atoms with van der Waals surface area (Å²) in [5, 5.41) is 13.2. The molecule has 50 heavy (non-hydrogen) atoms. The number of aliphatic hydroxyl groups is 1. The van der Waals surface area contributed by atoms with Crippen molar-refractivity contribution in [3.63, 3.8) is 0 Å². The van der Waals surface area contributed by atoms with Gasteiger partial charge >= 0.3 is 0 Å². The number of nitrogen functional groups attached to an aromatic ring is 1. The van der Waals surface area contributed by atoms with Crippen molar-refractivity contribution in [2.45, 2.75) is 37.3 Å². The second-order valence-corrected chi connectivity index (χ2v) is 13.1. The van der Waals surface area contributed by atoms with E-state index in [4.69, 9.17) is 10.5 Å². The first-order valence-corrected chi connectivity index (χ1v) is 16.7. The first-order valence-electron chi connectivity index (χ1n) is 16.7. The van der Waals surface area contributed by atoms with Crippen LogP contribution in [0.15, 0.2) is 102 Å². The number of hydrogen-bond donors (Lipinski definition) is 2. The average molecular weight is 677 g/mol. The van der Waals surface area contributed by atoms with Crippen LogP contribution in [0, 0.1) is 11.7 Å². The quantitative estimate of drug-likeness (QED) is 0.255. The zero-order chi connectivity index (χ0) is 34.8. The summed E-state index contributed by atoms with van der Waals surface area (Å²) in [6.07, 6.45) is 5.70. The molecule has 2 fully saturated rings. The van der Waals surface area contributed by atoms with Crippen molar-refractivity contribution >= 4 is 28.3 Å². The largest absolute Gasteiger partial charge is 0.437 e. The Kier molecular flexibility index (Phi) is 9.02. The molecule has 256 valence electrons. The molecule has 0 unspecified atom stereocenters. The summed E-state index contributed by atoms with van der Waals surface area (Å²) in [5.41, 5.74) is 5.58. The maximum atomic E-state index is 14.1. The normalized spacial score (nSPS) is 18.9. The second kappa shape index (κ2) is 13.7. The van der Waals surface area contributed by atoms with Gasteiger partial charge in [0.1, 0.15) is 17.9 Å². The molecule has 0 saturated carbocycles. The Labute approximate surface area is 287 Å². The minimum Gasteiger partial charge on any atom is -0.437 e. The molecule has 0 radical (unpaired) electrons. The minimum atomic E-state index is -1.27. The van der Waals surface area contributed by atoms with E-state index in [0.29, 0.717) is 38.2 Å². The van der Waals surface area contributed by atoms with E-state index >= 15 is 0 Å². The predicted octanol–water partition coefficient (Wildman–Crippen LogP) is 4.60. The summed E-state index contributed by atoms with van der Waals surface area (Å²) in [7, 11) is 0. The molecule has 11 nitrogen and oxygen atoms in total. The number of nitrogens with zero attached hydrogens (tertiary/aromatic N) is 5. The first-order chi connectivity index (χ1) is 24.2. The molecule has 4 heterocycles. The third-order valence-corrected chi connectivity index (χ3v) is 9.89. The number of amides is 2. The molecule has 0 spiro atoms. The van der Waals surface area contributed by atoms with Crippen molar-refractivity contribution in [2.75, 3.05) is 31.9 Å². The molecule has 2 aromatic heterocycles. The molecule has 2 atom stereocenters. The number of anilines is 1. The van der Waals surface area contributed by atoms with Gasteiger partial charge in [0.05, 0.1) is 12.1 Å². The van der Waals surface area contributed by atoms with Gasteiger partial charge in [-0.15, -0.1) is 0 Å². The summed E-state index contributed by atoms with van der Waals surface area (Å²) in [5.74, 6) is -0.898. The van der Waals surface area contributed by atoms with Crippen LogP contribution in [-0.4, -0.2) is 73.0 Å². The van der Waals surface area contributed by atoms with E-state index in [9.17, 15) is 23.9 Å².